The molecule has 0 aliphatic carbocycles. The molecule has 0 unspecified atom stereocenters. The van der Waals surface area contributed by atoms with Crippen molar-refractivity contribution >= 4 is 21.6 Å². The Kier molecular flexibility index (Phi) is 4.30. The summed E-state index contributed by atoms with van der Waals surface area (Å²) < 4.78 is 2.87. The van der Waals surface area contributed by atoms with Crippen molar-refractivity contribution in [2.75, 3.05) is 0 Å². The molecule has 0 saturated carbocycles. The largest absolute Gasteiger partial charge is 0.321 e. The maximum absolute atomic E-state index is 9.27. The Morgan fingerprint density at radius 1 is 1.26 bits per heavy atom. The van der Waals surface area contributed by atoms with Crippen LogP contribution in [0.5, 0.6) is 0 Å². The molecular formula is C16H8IrN5S-. The summed E-state index contributed by atoms with van der Waals surface area (Å²) in [6.45, 7) is 0. The molecule has 7 heteroatoms. The summed E-state index contributed by atoms with van der Waals surface area (Å²) in [4.78, 5) is 4.31. The van der Waals surface area contributed by atoms with E-state index in [9.17, 15) is 5.26 Å². The summed E-state index contributed by atoms with van der Waals surface area (Å²) in [5.74, 6) is 0.637. The summed E-state index contributed by atoms with van der Waals surface area (Å²) >= 11 is 1.57. The second-order valence-corrected chi connectivity index (χ2v) is 5.49. The number of hydrogen-bond donors (Lipinski definition) is 0. The zero-order valence-electron chi connectivity index (χ0n) is 11.6. The van der Waals surface area contributed by atoms with Crippen molar-refractivity contribution in [1.29, 1.82) is 5.26 Å². The average Bonchev–Trinajstić information content (AvgIpc) is 3.22. The molecule has 5 nitrogen and oxygen atoms in total. The maximum Gasteiger partial charge on any atom is 0.115 e. The predicted molar refractivity (Wildman–Crippen MR) is 83.5 cm³/mol. The van der Waals surface area contributed by atoms with Crippen molar-refractivity contribution in [2.45, 2.75) is 0 Å². The second kappa shape index (κ2) is 6.39. The number of para-hydroxylation sites is 1. The van der Waals surface area contributed by atoms with E-state index in [-0.39, 0.29) is 20.1 Å². The minimum atomic E-state index is 0. The van der Waals surface area contributed by atoms with Gasteiger partial charge in [-0.25, -0.2) is 0 Å². The number of nitriles is 1. The van der Waals surface area contributed by atoms with Gasteiger partial charge >= 0.3 is 0 Å². The Bertz CT molecular complexity index is 1010. The van der Waals surface area contributed by atoms with Crippen LogP contribution in [0.25, 0.3) is 27.3 Å². The van der Waals surface area contributed by atoms with Gasteiger partial charge < -0.3 is 4.57 Å². The van der Waals surface area contributed by atoms with Crippen LogP contribution in [0.15, 0.2) is 48.2 Å². The van der Waals surface area contributed by atoms with Gasteiger partial charge in [0, 0.05) is 20.1 Å². The molecule has 2 heterocycles. The minimum absolute atomic E-state index is 0. The summed E-state index contributed by atoms with van der Waals surface area (Å²) in [6.07, 6.45) is 1.60. The summed E-state index contributed by atoms with van der Waals surface area (Å²) in [6, 6.07) is 16.6. The first kappa shape index (κ1) is 15.5. The van der Waals surface area contributed by atoms with E-state index in [4.69, 9.17) is 0 Å². The average molecular weight is 495 g/mol. The Morgan fingerprint density at radius 3 is 3.00 bits per heavy atom. The van der Waals surface area contributed by atoms with Crippen LogP contribution in [0.2, 0.25) is 0 Å². The molecule has 0 N–H and O–H groups in total. The molecule has 1 radical (unpaired) electrons. The Balaban J connectivity index is 0.00000156. The first-order chi connectivity index (χ1) is 10.9. The third-order valence-electron chi connectivity index (χ3n) is 3.34. The SMILES string of the molecule is N#Cc1ccccc1-n1cnnc1-c1[c-]cc2scnc2c1.[Ir]. The van der Waals surface area contributed by atoms with Crippen molar-refractivity contribution in [1.82, 2.24) is 19.7 Å². The number of fused-ring (bicyclic) bond motifs is 1. The standard InChI is InChI=1S/C16H8N5S.Ir/c17-8-12-3-1-2-4-14(12)21-9-19-20-16(21)11-5-6-15-13(7-11)18-10-22-15;/h1-4,6-7,9-10H;/q-1;. The Hall–Kier alpha value is -2.39. The quantitative estimate of drug-likeness (QED) is 0.402. The van der Waals surface area contributed by atoms with Gasteiger partial charge in [0.25, 0.3) is 0 Å². The normalized spacial score (nSPS) is 10.2. The zero-order valence-corrected chi connectivity index (χ0v) is 14.8. The fraction of sp³-hybridized carbons (Fsp3) is 0. The fourth-order valence-electron chi connectivity index (χ4n) is 2.30. The third kappa shape index (κ3) is 2.68. The van der Waals surface area contributed by atoms with Crippen LogP contribution in [0, 0.1) is 17.4 Å². The number of benzene rings is 2. The summed E-state index contributed by atoms with van der Waals surface area (Å²) in [5, 5.41) is 17.4. The number of hydrogen-bond acceptors (Lipinski definition) is 5. The molecule has 0 aliphatic heterocycles. The van der Waals surface area contributed by atoms with Gasteiger partial charge in [0.1, 0.15) is 12.4 Å². The molecule has 0 spiro atoms. The molecule has 0 atom stereocenters. The van der Waals surface area contributed by atoms with E-state index in [1.807, 2.05) is 30.3 Å². The van der Waals surface area contributed by atoms with E-state index < -0.39 is 0 Å². The van der Waals surface area contributed by atoms with Gasteiger partial charge in [-0.1, -0.05) is 12.1 Å². The van der Waals surface area contributed by atoms with Crippen LogP contribution in [-0.4, -0.2) is 19.7 Å². The van der Waals surface area contributed by atoms with E-state index in [0.29, 0.717) is 11.4 Å². The van der Waals surface area contributed by atoms with E-state index in [2.05, 4.69) is 27.3 Å². The van der Waals surface area contributed by atoms with E-state index in [1.165, 1.54) is 0 Å². The topological polar surface area (TPSA) is 67.4 Å². The Labute approximate surface area is 149 Å². The van der Waals surface area contributed by atoms with Crippen LogP contribution < -0.4 is 0 Å². The maximum atomic E-state index is 9.27. The summed E-state index contributed by atoms with van der Waals surface area (Å²) in [7, 11) is 0. The number of thiazole rings is 1. The van der Waals surface area contributed by atoms with Gasteiger partial charge in [0.2, 0.25) is 0 Å². The first-order valence-corrected chi connectivity index (χ1v) is 7.39. The van der Waals surface area contributed by atoms with Gasteiger partial charge in [-0.2, -0.15) is 21.7 Å². The van der Waals surface area contributed by atoms with E-state index in [1.54, 1.807) is 33.8 Å². The third-order valence-corrected chi connectivity index (χ3v) is 4.13. The number of rotatable bonds is 2. The molecule has 113 valence electrons. The molecule has 23 heavy (non-hydrogen) atoms. The molecule has 2 aromatic carbocycles. The van der Waals surface area contributed by atoms with Crippen LogP contribution >= 0.6 is 11.3 Å². The van der Waals surface area contributed by atoms with Gasteiger partial charge in [0.15, 0.2) is 0 Å². The first-order valence-electron chi connectivity index (χ1n) is 6.51. The molecule has 2 aromatic heterocycles. The van der Waals surface area contributed by atoms with Crippen LogP contribution in [-0.2, 0) is 20.1 Å². The molecule has 0 saturated heterocycles. The van der Waals surface area contributed by atoms with Gasteiger partial charge in [-0.15, -0.1) is 28.9 Å². The van der Waals surface area contributed by atoms with Crippen molar-refractivity contribution in [3.05, 3.63) is 59.9 Å². The van der Waals surface area contributed by atoms with Crippen LogP contribution in [0.4, 0.5) is 0 Å². The smallest absolute Gasteiger partial charge is 0.115 e. The van der Waals surface area contributed by atoms with Gasteiger partial charge in [-0.3, -0.25) is 4.98 Å². The molecule has 4 aromatic rings. The van der Waals surface area contributed by atoms with Crippen LogP contribution in [0.1, 0.15) is 5.56 Å². The monoisotopic (exact) mass is 495 g/mol. The van der Waals surface area contributed by atoms with Crippen molar-refractivity contribution in [2.24, 2.45) is 0 Å². The fourth-order valence-corrected chi connectivity index (χ4v) is 2.94. The molecule has 4 rings (SSSR count). The molecule has 0 aliphatic rings. The van der Waals surface area contributed by atoms with E-state index >= 15 is 0 Å². The minimum Gasteiger partial charge on any atom is -0.321 e. The molecule has 0 bridgehead atoms. The Morgan fingerprint density at radius 2 is 2.13 bits per heavy atom. The van der Waals surface area contributed by atoms with Crippen molar-refractivity contribution in [3.8, 4) is 23.1 Å². The predicted octanol–water partition coefficient (Wildman–Crippen LogP) is 3.21. The summed E-state index contributed by atoms with van der Waals surface area (Å²) in [5.41, 5.74) is 4.82. The zero-order chi connectivity index (χ0) is 14.9. The second-order valence-electron chi connectivity index (χ2n) is 4.60. The van der Waals surface area contributed by atoms with Gasteiger partial charge in [-0.05, 0) is 22.3 Å². The molecule has 0 amide bonds. The van der Waals surface area contributed by atoms with E-state index in [0.717, 1.165) is 21.5 Å². The number of aromatic nitrogens is 4. The molecule has 0 fully saturated rings. The number of nitrogens with zero attached hydrogens (tertiary/aromatic N) is 5. The van der Waals surface area contributed by atoms with Crippen molar-refractivity contribution < 1.29 is 20.1 Å². The van der Waals surface area contributed by atoms with Gasteiger partial charge in [0.05, 0.1) is 22.6 Å². The van der Waals surface area contributed by atoms with Crippen LogP contribution in [0.3, 0.4) is 0 Å². The van der Waals surface area contributed by atoms with Crippen molar-refractivity contribution in [3.63, 3.8) is 0 Å². The molecular weight excluding hydrogens is 486 g/mol.